The SMILES string of the molecule is CC1(C)OC2C=C3[C@@H]4C[C@H](Br)C5=CC(=O)C=C[C@]5(C)[C@@]4(F)[C@@H](O)C[C@]3(C)[C@]2(C(=O)CO)O1. The van der Waals surface area contributed by atoms with E-state index >= 15 is 4.39 Å². The van der Waals surface area contributed by atoms with Crippen molar-refractivity contribution in [3.05, 3.63) is 35.5 Å². The van der Waals surface area contributed by atoms with Crippen molar-refractivity contribution in [2.75, 3.05) is 6.61 Å². The number of aliphatic hydroxyl groups excluding tert-OH is 2. The number of hydrogen-bond acceptors (Lipinski definition) is 6. The topological polar surface area (TPSA) is 93.1 Å². The second-order valence-corrected chi connectivity index (χ2v) is 11.7. The highest BCUT2D eigenvalue weighted by Crippen LogP contribution is 2.70. The summed E-state index contributed by atoms with van der Waals surface area (Å²) in [6.45, 7) is 6.17. The molecule has 0 aromatic carbocycles. The van der Waals surface area contributed by atoms with Crippen LogP contribution >= 0.6 is 15.9 Å². The Hall–Kier alpha value is -1.19. The molecule has 0 bridgehead atoms. The highest BCUT2D eigenvalue weighted by atomic mass is 79.9. The van der Waals surface area contributed by atoms with Crippen LogP contribution in [0.1, 0.15) is 40.5 Å². The minimum Gasteiger partial charge on any atom is -0.390 e. The zero-order valence-corrected chi connectivity index (χ0v) is 20.1. The first-order valence-corrected chi connectivity index (χ1v) is 11.9. The van der Waals surface area contributed by atoms with Crippen LogP contribution in [0.2, 0.25) is 0 Å². The predicted octanol–water partition coefficient (Wildman–Crippen LogP) is 2.71. The third-order valence-corrected chi connectivity index (χ3v) is 9.45. The number of Topliss-reactive ketones (excluding diaryl/α,β-unsaturated/α-hetero) is 1. The third kappa shape index (κ3) is 2.38. The molecule has 8 atom stereocenters. The number of ether oxygens (including phenoxy) is 2. The molecule has 1 aliphatic heterocycles. The Bertz CT molecular complexity index is 1020. The molecule has 1 unspecified atom stereocenters. The van der Waals surface area contributed by atoms with Gasteiger partial charge in [-0.15, -0.1) is 0 Å². The fraction of sp³-hybridized carbons (Fsp3) is 0.667. The molecular formula is C24H28BrFO6. The Morgan fingerprint density at radius 1 is 1.28 bits per heavy atom. The first-order chi connectivity index (χ1) is 14.8. The molecule has 0 amide bonds. The van der Waals surface area contributed by atoms with Crippen LogP contribution in [0.15, 0.2) is 35.5 Å². The molecule has 3 fully saturated rings. The van der Waals surface area contributed by atoms with Crippen molar-refractivity contribution >= 4 is 27.5 Å². The van der Waals surface area contributed by atoms with Crippen molar-refractivity contribution in [3.8, 4) is 0 Å². The molecule has 32 heavy (non-hydrogen) atoms. The van der Waals surface area contributed by atoms with Crippen molar-refractivity contribution in [2.45, 2.75) is 74.6 Å². The van der Waals surface area contributed by atoms with Crippen molar-refractivity contribution in [3.63, 3.8) is 0 Å². The summed E-state index contributed by atoms with van der Waals surface area (Å²) in [4.78, 5) is 24.9. The van der Waals surface area contributed by atoms with Gasteiger partial charge in [-0.1, -0.05) is 40.6 Å². The summed E-state index contributed by atoms with van der Waals surface area (Å²) in [6, 6.07) is 0. The Kier molecular flexibility index (Phi) is 4.57. The summed E-state index contributed by atoms with van der Waals surface area (Å²) in [5.74, 6) is -2.56. The first kappa shape index (κ1) is 22.6. The minimum atomic E-state index is -2.09. The van der Waals surface area contributed by atoms with Gasteiger partial charge >= 0.3 is 0 Å². The smallest absolute Gasteiger partial charge is 0.193 e. The molecule has 6 nitrogen and oxygen atoms in total. The number of fused-ring (bicyclic) bond motifs is 7. The summed E-state index contributed by atoms with van der Waals surface area (Å²) in [5.41, 5.74) is -4.62. The second kappa shape index (κ2) is 6.48. The number of allylic oxidation sites excluding steroid dienone is 4. The number of carbonyl (C=O) groups excluding carboxylic acids is 2. The van der Waals surface area contributed by atoms with Crippen molar-refractivity contribution in [1.82, 2.24) is 0 Å². The standard InChI is InChI=1S/C24H28BrFO6/c1-20(2)31-19-9-13-14-8-16(25)15-7-12(28)5-6-21(15,3)23(14,26)17(29)10-22(13,4)24(19,32-20)18(30)11-27/h5-7,9,14,16-17,19,27,29H,8,10-11H2,1-4H3/t14-,16-,17-,19?,21-,22-,23-,24+/m0/s1. The number of hydrogen-bond donors (Lipinski definition) is 2. The fourth-order valence-electron chi connectivity index (χ4n) is 7.20. The molecule has 8 heteroatoms. The van der Waals surface area contributed by atoms with Gasteiger partial charge in [0.15, 0.2) is 28.6 Å². The Morgan fingerprint density at radius 2 is 1.97 bits per heavy atom. The van der Waals surface area contributed by atoms with E-state index in [9.17, 15) is 19.8 Å². The van der Waals surface area contributed by atoms with Crippen LogP contribution in [0.25, 0.3) is 0 Å². The van der Waals surface area contributed by atoms with E-state index in [1.807, 2.05) is 0 Å². The number of carbonyl (C=O) groups is 2. The highest BCUT2D eigenvalue weighted by molar-refractivity contribution is 9.09. The maximum atomic E-state index is 17.2. The lowest BCUT2D eigenvalue weighted by atomic mass is 9.46. The molecule has 174 valence electrons. The van der Waals surface area contributed by atoms with Crippen LogP contribution in [0.4, 0.5) is 4.39 Å². The molecule has 1 heterocycles. The largest absolute Gasteiger partial charge is 0.390 e. The van der Waals surface area contributed by atoms with E-state index in [1.165, 1.54) is 12.2 Å². The van der Waals surface area contributed by atoms with E-state index in [0.29, 0.717) is 17.6 Å². The minimum absolute atomic E-state index is 0.0783. The molecule has 0 aromatic heterocycles. The number of rotatable bonds is 2. The second-order valence-electron chi connectivity index (χ2n) is 10.6. The van der Waals surface area contributed by atoms with Gasteiger partial charge in [0.2, 0.25) is 0 Å². The number of aliphatic hydroxyl groups is 2. The molecule has 4 aliphatic carbocycles. The van der Waals surface area contributed by atoms with Crippen LogP contribution < -0.4 is 0 Å². The molecule has 0 aromatic rings. The van der Waals surface area contributed by atoms with Gasteiger partial charge in [0.05, 0.1) is 6.10 Å². The third-order valence-electron chi connectivity index (χ3n) is 8.59. The lowest BCUT2D eigenvalue weighted by Crippen LogP contribution is -2.69. The monoisotopic (exact) mass is 510 g/mol. The molecule has 5 aliphatic rings. The molecule has 2 saturated carbocycles. The Morgan fingerprint density at radius 3 is 2.62 bits per heavy atom. The molecule has 2 N–H and O–H groups in total. The van der Waals surface area contributed by atoms with Crippen LogP contribution in [-0.4, -0.2) is 62.5 Å². The van der Waals surface area contributed by atoms with E-state index in [0.717, 1.165) is 0 Å². The van der Waals surface area contributed by atoms with Crippen LogP contribution in [0.3, 0.4) is 0 Å². The molecule has 1 saturated heterocycles. The average Bonchev–Trinajstić information content (AvgIpc) is 3.11. The molecular weight excluding hydrogens is 483 g/mol. The predicted molar refractivity (Wildman–Crippen MR) is 117 cm³/mol. The van der Waals surface area contributed by atoms with Crippen molar-refractivity contribution < 1.29 is 33.7 Å². The zero-order valence-electron chi connectivity index (χ0n) is 18.5. The first-order valence-electron chi connectivity index (χ1n) is 11.0. The van der Waals surface area contributed by atoms with Crippen molar-refractivity contribution in [2.24, 2.45) is 16.7 Å². The zero-order chi connectivity index (χ0) is 23.5. The van der Waals surface area contributed by atoms with Gasteiger partial charge in [0, 0.05) is 21.6 Å². The van der Waals surface area contributed by atoms with Crippen LogP contribution in [-0.2, 0) is 19.1 Å². The van der Waals surface area contributed by atoms with E-state index in [1.54, 1.807) is 39.8 Å². The highest BCUT2D eigenvalue weighted by Gasteiger charge is 2.77. The lowest BCUT2D eigenvalue weighted by Gasteiger charge is -2.62. The number of halogens is 2. The summed E-state index contributed by atoms with van der Waals surface area (Å²) >= 11 is 3.65. The maximum Gasteiger partial charge on any atom is 0.193 e. The lowest BCUT2D eigenvalue weighted by molar-refractivity contribution is -0.211. The van der Waals surface area contributed by atoms with Gasteiger partial charge < -0.3 is 19.7 Å². The van der Waals surface area contributed by atoms with E-state index < -0.39 is 58.4 Å². The van der Waals surface area contributed by atoms with Crippen LogP contribution in [0, 0.1) is 16.7 Å². The van der Waals surface area contributed by atoms with Gasteiger partial charge in [-0.2, -0.15) is 0 Å². The van der Waals surface area contributed by atoms with Crippen molar-refractivity contribution in [1.29, 1.82) is 0 Å². The summed E-state index contributed by atoms with van der Waals surface area (Å²) in [5, 5.41) is 21.2. The summed E-state index contributed by atoms with van der Waals surface area (Å²) < 4.78 is 29.5. The van der Waals surface area contributed by atoms with Gasteiger partial charge in [-0.25, -0.2) is 4.39 Å². The maximum absolute atomic E-state index is 17.2. The van der Waals surface area contributed by atoms with E-state index in [-0.39, 0.29) is 17.0 Å². The molecule has 5 rings (SSSR count). The average molecular weight is 511 g/mol. The Balaban J connectivity index is 1.70. The quantitative estimate of drug-likeness (QED) is 0.438. The normalized spacial score (nSPS) is 50.7. The summed E-state index contributed by atoms with van der Waals surface area (Å²) in [6.07, 6.45) is 4.16. The van der Waals surface area contributed by atoms with E-state index in [2.05, 4.69) is 15.9 Å². The summed E-state index contributed by atoms with van der Waals surface area (Å²) in [7, 11) is 0. The van der Waals surface area contributed by atoms with Crippen LogP contribution in [0.5, 0.6) is 0 Å². The number of ketones is 2. The van der Waals surface area contributed by atoms with E-state index in [4.69, 9.17) is 9.47 Å². The van der Waals surface area contributed by atoms with Gasteiger partial charge in [-0.05, 0) is 51.3 Å². The molecule has 0 radical (unpaired) electrons. The molecule has 0 spiro atoms. The fourth-order valence-corrected chi connectivity index (χ4v) is 8.19. The number of alkyl halides is 2. The van der Waals surface area contributed by atoms with Gasteiger partial charge in [0.25, 0.3) is 0 Å². The van der Waals surface area contributed by atoms with Gasteiger partial charge in [0.1, 0.15) is 12.7 Å². The Labute approximate surface area is 194 Å². The van der Waals surface area contributed by atoms with Gasteiger partial charge in [-0.3, -0.25) is 9.59 Å².